The molecule has 0 aliphatic rings. The second-order valence-corrected chi connectivity index (χ2v) is 5.91. The van der Waals surface area contributed by atoms with Gasteiger partial charge in [-0.3, -0.25) is 9.48 Å². The Bertz CT molecular complexity index is 925. The van der Waals surface area contributed by atoms with Crippen molar-refractivity contribution in [1.82, 2.24) is 19.7 Å². The Balaban J connectivity index is 1.77. The SMILES string of the molecule is CCn1cc(C(C)NC(=O)Cn2cc(C(=O)O)c3ccccc32)cn1. The number of amides is 1. The molecule has 0 saturated carbocycles. The molecule has 130 valence electrons. The Morgan fingerprint density at radius 1 is 1.28 bits per heavy atom. The highest BCUT2D eigenvalue weighted by atomic mass is 16.4. The standard InChI is InChI=1S/C18H20N4O3/c1-3-22-9-13(8-19-22)12(2)20-17(23)11-21-10-15(18(24)25)14-6-4-5-7-16(14)21/h4-10,12H,3,11H2,1-2H3,(H,20,23)(H,24,25). The normalized spacial score (nSPS) is 12.2. The van der Waals surface area contributed by atoms with Gasteiger partial charge in [0.1, 0.15) is 6.54 Å². The largest absolute Gasteiger partial charge is 0.478 e. The summed E-state index contributed by atoms with van der Waals surface area (Å²) in [4.78, 5) is 23.8. The smallest absolute Gasteiger partial charge is 0.337 e. The lowest BCUT2D eigenvalue weighted by Crippen LogP contribution is -2.29. The number of hydrogen-bond acceptors (Lipinski definition) is 3. The van der Waals surface area contributed by atoms with E-state index < -0.39 is 5.97 Å². The molecule has 0 radical (unpaired) electrons. The summed E-state index contributed by atoms with van der Waals surface area (Å²) in [6.07, 6.45) is 5.15. The average molecular weight is 340 g/mol. The van der Waals surface area contributed by atoms with E-state index in [-0.39, 0.29) is 24.1 Å². The van der Waals surface area contributed by atoms with E-state index in [1.165, 1.54) is 6.20 Å². The maximum Gasteiger partial charge on any atom is 0.337 e. The lowest BCUT2D eigenvalue weighted by atomic mass is 10.2. The Labute approximate surface area is 144 Å². The molecule has 2 aromatic heterocycles. The van der Waals surface area contributed by atoms with Crippen LogP contribution in [0.25, 0.3) is 10.9 Å². The van der Waals surface area contributed by atoms with Crippen LogP contribution in [0.5, 0.6) is 0 Å². The summed E-state index contributed by atoms with van der Waals surface area (Å²) in [5.41, 5.74) is 1.85. The lowest BCUT2D eigenvalue weighted by Gasteiger charge is -2.13. The fourth-order valence-corrected chi connectivity index (χ4v) is 2.85. The first-order valence-corrected chi connectivity index (χ1v) is 8.12. The van der Waals surface area contributed by atoms with Crippen molar-refractivity contribution in [3.63, 3.8) is 0 Å². The van der Waals surface area contributed by atoms with Crippen LogP contribution in [0.4, 0.5) is 0 Å². The minimum absolute atomic E-state index is 0.0556. The number of aromatic carboxylic acids is 1. The minimum Gasteiger partial charge on any atom is -0.478 e. The second kappa shape index (κ2) is 6.80. The number of carbonyl (C=O) groups is 2. The second-order valence-electron chi connectivity index (χ2n) is 5.91. The van der Waals surface area contributed by atoms with Gasteiger partial charge in [-0.2, -0.15) is 5.10 Å². The van der Waals surface area contributed by atoms with Gasteiger partial charge in [-0.1, -0.05) is 18.2 Å². The summed E-state index contributed by atoms with van der Waals surface area (Å²) in [5, 5.41) is 17.1. The predicted octanol–water partition coefficient (Wildman–Crippen LogP) is 2.43. The number of aryl methyl sites for hydroxylation is 1. The number of para-hydroxylation sites is 1. The van der Waals surface area contributed by atoms with Gasteiger partial charge in [0.15, 0.2) is 0 Å². The van der Waals surface area contributed by atoms with E-state index in [0.29, 0.717) is 5.39 Å². The molecule has 0 aliphatic heterocycles. The van der Waals surface area contributed by atoms with Gasteiger partial charge in [-0.25, -0.2) is 4.79 Å². The van der Waals surface area contributed by atoms with Crippen LogP contribution in [0.15, 0.2) is 42.9 Å². The molecule has 7 heteroatoms. The molecule has 2 N–H and O–H groups in total. The van der Waals surface area contributed by atoms with Crippen molar-refractivity contribution in [2.75, 3.05) is 0 Å². The number of fused-ring (bicyclic) bond motifs is 1. The highest BCUT2D eigenvalue weighted by Crippen LogP contribution is 2.21. The molecule has 7 nitrogen and oxygen atoms in total. The van der Waals surface area contributed by atoms with Crippen molar-refractivity contribution in [3.8, 4) is 0 Å². The first-order chi connectivity index (χ1) is 12.0. The molecule has 3 aromatic rings. The number of carbonyl (C=O) groups excluding carboxylic acids is 1. The van der Waals surface area contributed by atoms with Gasteiger partial charge < -0.3 is 15.0 Å². The van der Waals surface area contributed by atoms with Crippen LogP contribution < -0.4 is 5.32 Å². The fourth-order valence-electron chi connectivity index (χ4n) is 2.85. The average Bonchev–Trinajstić information content (AvgIpc) is 3.20. The number of benzene rings is 1. The Hall–Kier alpha value is -3.09. The van der Waals surface area contributed by atoms with Crippen molar-refractivity contribution in [2.45, 2.75) is 33.0 Å². The summed E-state index contributed by atoms with van der Waals surface area (Å²) in [5.74, 6) is -1.19. The molecule has 0 fully saturated rings. The van der Waals surface area contributed by atoms with Crippen molar-refractivity contribution < 1.29 is 14.7 Å². The summed E-state index contributed by atoms with van der Waals surface area (Å²) in [7, 11) is 0. The van der Waals surface area contributed by atoms with Crippen molar-refractivity contribution in [1.29, 1.82) is 0 Å². The Morgan fingerprint density at radius 2 is 2.04 bits per heavy atom. The third-order valence-electron chi connectivity index (χ3n) is 4.19. The number of carboxylic acid groups (broad SMARTS) is 1. The molecule has 0 aliphatic carbocycles. The third kappa shape index (κ3) is 3.40. The van der Waals surface area contributed by atoms with Gasteiger partial charge in [0.05, 0.1) is 17.8 Å². The highest BCUT2D eigenvalue weighted by Gasteiger charge is 2.17. The lowest BCUT2D eigenvalue weighted by molar-refractivity contribution is -0.122. The zero-order chi connectivity index (χ0) is 18.0. The maximum absolute atomic E-state index is 12.4. The van der Waals surface area contributed by atoms with Crippen LogP contribution in [0, 0.1) is 0 Å². The highest BCUT2D eigenvalue weighted by molar-refractivity contribution is 6.03. The van der Waals surface area contributed by atoms with Crippen molar-refractivity contribution in [2.24, 2.45) is 0 Å². The van der Waals surface area contributed by atoms with Gasteiger partial charge in [-0.05, 0) is 19.9 Å². The summed E-state index contributed by atoms with van der Waals surface area (Å²) in [6.45, 7) is 4.72. The van der Waals surface area contributed by atoms with E-state index >= 15 is 0 Å². The third-order valence-corrected chi connectivity index (χ3v) is 4.19. The van der Waals surface area contributed by atoms with Crippen LogP contribution in [-0.2, 0) is 17.9 Å². The molecular weight excluding hydrogens is 320 g/mol. The number of hydrogen-bond donors (Lipinski definition) is 2. The zero-order valence-corrected chi connectivity index (χ0v) is 14.1. The summed E-state index contributed by atoms with van der Waals surface area (Å²) >= 11 is 0. The van der Waals surface area contributed by atoms with Gasteiger partial charge in [0, 0.05) is 35.4 Å². The van der Waals surface area contributed by atoms with E-state index in [1.807, 2.05) is 32.2 Å². The number of nitrogens with zero attached hydrogens (tertiary/aromatic N) is 3. The van der Waals surface area contributed by atoms with E-state index in [2.05, 4.69) is 10.4 Å². The van der Waals surface area contributed by atoms with Crippen LogP contribution in [0.1, 0.15) is 35.8 Å². The molecule has 2 heterocycles. The molecule has 0 bridgehead atoms. The summed E-state index contributed by atoms with van der Waals surface area (Å²) in [6, 6.07) is 6.99. The molecule has 25 heavy (non-hydrogen) atoms. The van der Waals surface area contributed by atoms with E-state index in [4.69, 9.17) is 0 Å². The van der Waals surface area contributed by atoms with Crippen LogP contribution >= 0.6 is 0 Å². The Kier molecular flexibility index (Phi) is 4.56. The van der Waals surface area contributed by atoms with Gasteiger partial charge >= 0.3 is 5.97 Å². The minimum atomic E-state index is -1.00. The van der Waals surface area contributed by atoms with Gasteiger partial charge in [0.2, 0.25) is 5.91 Å². The predicted molar refractivity (Wildman–Crippen MR) is 93.4 cm³/mol. The fraction of sp³-hybridized carbons (Fsp3) is 0.278. The zero-order valence-electron chi connectivity index (χ0n) is 14.1. The topological polar surface area (TPSA) is 89.2 Å². The first-order valence-electron chi connectivity index (χ1n) is 8.12. The number of carboxylic acids is 1. The van der Waals surface area contributed by atoms with Gasteiger partial charge in [-0.15, -0.1) is 0 Å². The molecule has 1 unspecified atom stereocenters. The van der Waals surface area contributed by atoms with Crippen LogP contribution in [-0.4, -0.2) is 31.3 Å². The first kappa shape index (κ1) is 16.8. The number of aromatic nitrogens is 3. The molecule has 0 saturated heterocycles. The molecule has 1 amide bonds. The number of nitrogens with one attached hydrogen (secondary N) is 1. The molecular formula is C18H20N4O3. The number of rotatable bonds is 6. The maximum atomic E-state index is 12.4. The molecule has 1 aromatic carbocycles. The van der Waals surface area contributed by atoms with Crippen molar-refractivity contribution in [3.05, 3.63) is 54.0 Å². The summed E-state index contributed by atoms with van der Waals surface area (Å²) < 4.78 is 3.47. The molecule has 3 rings (SSSR count). The van der Waals surface area contributed by atoms with Crippen LogP contribution in [0.2, 0.25) is 0 Å². The van der Waals surface area contributed by atoms with E-state index in [1.54, 1.807) is 27.6 Å². The monoisotopic (exact) mass is 340 g/mol. The molecule has 0 spiro atoms. The van der Waals surface area contributed by atoms with Gasteiger partial charge in [0.25, 0.3) is 0 Å². The van der Waals surface area contributed by atoms with E-state index in [0.717, 1.165) is 17.6 Å². The van der Waals surface area contributed by atoms with Crippen molar-refractivity contribution >= 4 is 22.8 Å². The van der Waals surface area contributed by atoms with E-state index in [9.17, 15) is 14.7 Å². The van der Waals surface area contributed by atoms with Crippen LogP contribution in [0.3, 0.4) is 0 Å². The molecule has 1 atom stereocenters. The Morgan fingerprint density at radius 3 is 2.72 bits per heavy atom. The quantitative estimate of drug-likeness (QED) is 0.721.